The van der Waals surface area contributed by atoms with E-state index in [-0.39, 0.29) is 12.6 Å². The van der Waals surface area contributed by atoms with Gasteiger partial charge in [0.25, 0.3) is 10.2 Å². The van der Waals surface area contributed by atoms with E-state index in [9.17, 15) is 13.5 Å². The average molecular weight is 307 g/mol. The van der Waals surface area contributed by atoms with Gasteiger partial charge in [0, 0.05) is 45.3 Å². The van der Waals surface area contributed by atoms with Gasteiger partial charge in [-0.15, -0.1) is 0 Å². The smallest absolute Gasteiger partial charge is 0.282 e. The van der Waals surface area contributed by atoms with Gasteiger partial charge in [0.2, 0.25) is 0 Å². The van der Waals surface area contributed by atoms with Gasteiger partial charge in [-0.1, -0.05) is 6.92 Å². The highest BCUT2D eigenvalue weighted by molar-refractivity contribution is 7.86. The highest BCUT2D eigenvalue weighted by Crippen LogP contribution is 2.16. The Hall–Kier alpha value is -0.250. The Labute approximate surface area is 121 Å². The molecule has 20 heavy (non-hydrogen) atoms. The van der Waals surface area contributed by atoms with Crippen LogP contribution < -0.4 is 0 Å². The van der Waals surface area contributed by atoms with Gasteiger partial charge in [-0.05, 0) is 6.42 Å². The molecule has 0 radical (unpaired) electrons. The third-order valence-electron chi connectivity index (χ3n) is 4.09. The van der Waals surface area contributed by atoms with Crippen molar-refractivity contribution in [2.45, 2.75) is 19.4 Å². The molecule has 2 fully saturated rings. The Morgan fingerprint density at radius 1 is 1.05 bits per heavy atom. The summed E-state index contributed by atoms with van der Waals surface area (Å²) in [4.78, 5) is 2.17. The lowest BCUT2D eigenvalue weighted by molar-refractivity contribution is 0.0636. The van der Waals surface area contributed by atoms with Crippen LogP contribution in [-0.4, -0.2) is 92.2 Å². The van der Waals surface area contributed by atoms with Crippen molar-refractivity contribution in [1.29, 1.82) is 0 Å². The Morgan fingerprint density at radius 2 is 1.60 bits per heavy atom. The Kier molecular flexibility index (Phi) is 5.76. The summed E-state index contributed by atoms with van der Waals surface area (Å²) in [6, 6.07) is 0.142. The zero-order valence-electron chi connectivity index (χ0n) is 12.1. The molecular formula is C12H25N3O4S. The molecule has 0 spiro atoms. The predicted molar refractivity (Wildman–Crippen MR) is 75.6 cm³/mol. The van der Waals surface area contributed by atoms with Crippen molar-refractivity contribution in [1.82, 2.24) is 13.5 Å². The molecular weight excluding hydrogens is 282 g/mol. The number of ether oxygens (including phenoxy) is 1. The Morgan fingerprint density at radius 3 is 2.10 bits per heavy atom. The van der Waals surface area contributed by atoms with Crippen LogP contribution in [0.15, 0.2) is 0 Å². The van der Waals surface area contributed by atoms with Crippen LogP contribution in [0.3, 0.4) is 0 Å². The molecule has 8 heteroatoms. The van der Waals surface area contributed by atoms with Crippen LogP contribution in [0.4, 0.5) is 0 Å². The lowest BCUT2D eigenvalue weighted by atomic mass is 10.2. The summed E-state index contributed by atoms with van der Waals surface area (Å²) in [5, 5.41) is 9.31. The van der Waals surface area contributed by atoms with E-state index in [1.807, 2.05) is 6.92 Å². The van der Waals surface area contributed by atoms with E-state index in [1.54, 1.807) is 4.31 Å². The molecule has 0 saturated carbocycles. The number of rotatable bonds is 5. The number of nitrogens with zero attached hydrogens (tertiary/aromatic N) is 3. The van der Waals surface area contributed by atoms with Crippen molar-refractivity contribution >= 4 is 10.2 Å². The second kappa shape index (κ2) is 7.15. The molecule has 118 valence electrons. The average Bonchev–Trinajstić information content (AvgIpc) is 2.50. The van der Waals surface area contributed by atoms with Gasteiger partial charge in [-0.2, -0.15) is 17.0 Å². The maximum absolute atomic E-state index is 12.5. The minimum absolute atomic E-state index is 0.132. The van der Waals surface area contributed by atoms with Crippen molar-refractivity contribution < 1.29 is 18.3 Å². The maximum Gasteiger partial charge on any atom is 0.282 e. The summed E-state index contributed by atoms with van der Waals surface area (Å²) in [6.45, 7) is 6.36. The van der Waals surface area contributed by atoms with Gasteiger partial charge in [0.15, 0.2) is 0 Å². The van der Waals surface area contributed by atoms with E-state index in [2.05, 4.69) is 4.90 Å². The van der Waals surface area contributed by atoms with Crippen molar-refractivity contribution in [3.8, 4) is 0 Å². The quantitative estimate of drug-likeness (QED) is 0.702. The molecule has 2 rings (SSSR count). The van der Waals surface area contributed by atoms with Gasteiger partial charge < -0.3 is 9.84 Å². The molecule has 2 saturated heterocycles. The summed E-state index contributed by atoms with van der Waals surface area (Å²) >= 11 is 0. The summed E-state index contributed by atoms with van der Waals surface area (Å²) in [5.74, 6) is 0. The largest absolute Gasteiger partial charge is 0.395 e. The number of aliphatic hydroxyl groups is 1. The third-order valence-corrected chi connectivity index (χ3v) is 6.13. The highest BCUT2D eigenvalue weighted by Gasteiger charge is 2.34. The first-order chi connectivity index (χ1) is 9.59. The Bertz CT molecular complexity index is 386. The molecule has 7 nitrogen and oxygen atoms in total. The second-order valence-corrected chi connectivity index (χ2v) is 7.13. The first kappa shape index (κ1) is 16.1. The zero-order valence-corrected chi connectivity index (χ0v) is 12.9. The molecule has 0 aromatic carbocycles. The van der Waals surface area contributed by atoms with Gasteiger partial charge in [0.1, 0.15) is 0 Å². The van der Waals surface area contributed by atoms with E-state index >= 15 is 0 Å². The normalized spacial score (nSPS) is 25.7. The molecule has 0 aliphatic carbocycles. The first-order valence-electron chi connectivity index (χ1n) is 7.27. The fourth-order valence-corrected chi connectivity index (χ4v) is 4.30. The lowest BCUT2D eigenvalue weighted by Gasteiger charge is -2.40. The molecule has 0 aromatic rings. The topological polar surface area (TPSA) is 73.3 Å². The summed E-state index contributed by atoms with van der Waals surface area (Å²) in [6.07, 6.45) is 0.882. The van der Waals surface area contributed by atoms with Gasteiger partial charge in [-0.3, -0.25) is 4.90 Å². The molecule has 0 bridgehead atoms. The summed E-state index contributed by atoms with van der Waals surface area (Å²) in [7, 11) is -3.35. The van der Waals surface area contributed by atoms with Crippen LogP contribution in [-0.2, 0) is 14.9 Å². The van der Waals surface area contributed by atoms with E-state index in [0.717, 1.165) is 6.42 Å². The molecule has 2 aliphatic heterocycles. The number of aliphatic hydroxyl groups excluding tert-OH is 1. The standard InChI is InChI=1S/C12H25N3O4S/c1-2-12(11-16)13-3-5-14(6-4-13)20(17,18)15-7-9-19-10-8-15/h12,16H,2-11H2,1H3. The first-order valence-corrected chi connectivity index (χ1v) is 8.67. The minimum atomic E-state index is -3.35. The third kappa shape index (κ3) is 3.49. The molecule has 1 atom stereocenters. The Balaban J connectivity index is 1.92. The van der Waals surface area contributed by atoms with Crippen LogP contribution in [0, 0.1) is 0 Å². The lowest BCUT2D eigenvalue weighted by Crippen LogP contribution is -2.56. The minimum Gasteiger partial charge on any atom is -0.395 e. The van der Waals surface area contributed by atoms with Gasteiger partial charge in [-0.25, -0.2) is 0 Å². The predicted octanol–water partition coefficient (Wildman–Crippen LogP) is -1.05. The molecule has 1 unspecified atom stereocenters. The monoisotopic (exact) mass is 307 g/mol. The molecule has 2 heterocycles. The van der Waals surface area contributed by atoms with Crippen LogP contribution in [0.25, 0.3) is 0 Å². The van der Waals surface area contributed by atoms with Crippen molar-refractivity contribution in [2.75, 3.05) is 59.1 Å². The summed E-state index contributed by atoms with van der Waals surface area (Å²) in [5.41, 5.74) is 0. The second-order valence-electron chi connectivity index (χ2n) is 5.20. The number of piperazine rings is 1. The van der Waals surface area contributed by atoms with E-state index in [0.29, 0.717) is 52.5 Å². The molecule has 1 N–H and O–H groups in total. The van der Waals surface area contributed by atoms with E-state index in [4.69, 9.17) is 4.74 Å². The zero-order chi connectivity index (χ0) is 14.6. The highest BCUT2D eigenvalue weighted by atomic mass is 32.2. The van der Waals surface area contributed by atoms with Gasteiger partial charge >= 0.3 is 0 Å². The van der Waals surface area contributed by atoms with Crippen LogP contribution in [0.1, 0.15) is 13.3 Å². The van der Waals surface area contributed by atoms with Crippen LogP contribution >= 0.6 is 0 Å². The van der Waals surface area contributed by atoms with E-state index in [1.165, 1.54) is 4.31 Å². The SMILES string of the molecule is CCC(CO)N1CCN(S(=O)(=O)N2CCOCC2)CC1. The fourth-order valence-electron chi connectivity index (χ4n) is 2.74. The number of hydrogen-bond donors (Lipinski definition) is 1. The molecule has 0 aromatic heterocycles. The molecule has 0 amide bonds. The van der Waals surface area contributed by atoms with Crippen LogP contribution in [0.5, 0.6) is 0 Å². The van der Waals surface area contributed by atoms with Crippen LogP contribution in [0.2, 0.25) is 0 Å². The van der Waals surface area contributed by atoms with Gasteiger partial charge in [0.05, 0.1) is 19.8 Å². The fraction of sp³-hybridized carbons (Fsp3) is 1.00. The number of morpholine rings is 1. The summed E-state index contributed by atoms with van der Waals surface area (Å²) < 4.78 is 33.2. The van der Waals surface area contributed by atoms with E-state index < -0.39 is 10.2 Å². The number of hydrogen-bond acceptors (Lipinski definition) is 5. The van der Waals surface area contributed by atoms with Crippen molar-refractivity contribution in [2.24, 2.45) is 0 Å². The molecule has 2 aliphatic rings. The maximum atomic E-state index is 12.5. The van der Waals surface area contributed by atoms with Crippen molar-refractivity contribution in [3.63, 3.8) is 0 Å². The van der Waals surface area contributed by atoms with Crippen molar-refractivity contribution in [3.05, 3.63) is 0 Å².